The smallest absolute Gasteiger partial charge is 0.165 e. The van der Waals surface area contributed by atoms with Crippen molar-refractivity contribution in [2.24, 2.45) is 0 Å². The molecular formula is C26H18F4O4. The van der Waals surface area contributed by atoms with Crippen LogP contribution in [0, 0.1) is 23.3 Å². The molecular weight excluding hydrogens is 452 g/mol. The zero-order valence-corrected chi connectivity index (χ0v) is 17.4. The minimum Gasteiger partial charge on any atom is -0.505 e. The van der Waals surface area contributed by atoms with Gasteiger partial charge in [-0.1, -0.05) is 48.5 Å². The van der Waals surface area contributed by atoms with Crippen LogP contribution in [0.3, 0.4) is 0 Å². The van der Waals surface area contributed by atoms with E-state index in [4.69, 9.17) is 0 Å². The third-order valence-corrected chi connectivity index (χ3v) is 5.75. The molecule has 0 heterocycles. The van der Waals surface area contributed by atoms with Crippen LogP contribution in [0.5, 0.6) is 23.0 Å². The van der Waals surface area contributed by atoms with Crippen LogP contribution in [0.15, 0.2) is 72.8 Å². The molecule has 0 radical (unpaired) electrons. The molecule has 0 aliphatic rings. The second-order valence-corrected chi connectivity index (χ2v) is 7.67. The van der Waals surface area contributed by atoms with E-state index in [2.05, 4.69) is 0 Å². The van der Waals surface area contributed by atoms with Gasteiger partial charge in [0.25, 0.3) is 0 Å². The maximum absolute atomic E-state index is 14.4. The van der Waals surface area contributed by atoms with E-state index in [0.29, 0.717) is 0 Å². The van der Waals surface area contributed by atoms with E-state index in [9.17, 15) is 38.0 Å². The lowest BCUT2D eigenvalue weighted by Gasteiger charge is -2.31. The summed E-state index contributed by atoms with van der Waals surface area (Å²) in [5.74, 6) is -10.4. The van der Waals surface area contributed by atoms with Gasteiger partial charge in [-0.25, -0.2) is 17.6 Å². The van der Waals surface area contributed by atoms with Crippen LogP contribution >= 0.6 is 0 Å². The molecule has 4 aromatic carbocycles. The van der Waals surface area contributed by atoms with Crippen LogP contribution in [0.2, 0.25) is 0 Å². The first kappa shape index (κ1) is 23.0. The van der Waals surface area contributed by atoms with Gasteiger partial charge in [0.2, 0.25) is 0 Å². The molecule has 4 rings (SSSR count). The summed E-state index contributed by atoms with van der Waals surface area (Å²) in [6.45, 7) is 0. The molecule has 4 N–H and O–H groups in total. The minimum absolute atomic E-state index is 0.182. The molecule has 4 nitrogen and oxygen atoms in total. The van der Waals surface area contributed by atoms with Gasteiger partial charge >= 0.3 is 0 Å². The summed E-state index contributed by atoms with van der Waals surface area (Å²) in [4.78, 5) is 0. The fourth-order valence-electron chi connectivity index (χ4n) is 4.19. The van der Waals surface area contributed by atoms with Crippen LogP contribution < -0.4 is 0 Å². The van der Waals surface area contributed by atoms with Crippen LogP contribution in [0.25, 0.3) is 0 Å². The summed E-state index contributed by atoms with van der Waals surface area (Å²) in [7, 11) is 0. The molecule has 0 saturated carbocycles. The van der Waals surface area contributed by atoms with Gasteiger partial charge in [0.1, 0.15) is 0 Å². The number of aromatic hydroxyl groups is 4. The predicted octanol–water partition coefficient (Wildman–Crippen LogP) is 6.03. The second-order valence-electron chi connectivity index (χ2n) is 7.67. The first-order valence-corrected chi connectivity index (χ1v) is 10.1. The van der Waals surface area contributed by atoms with Crippen molar-refractivity contribution in [1.82, 2.24) is 0 Å². The summed E-state index contributed by atoms with van der Waals surface area (Å²) < 4.78 is 57.5. The molecule has 0 aliphatic heterocycles. The van der Waals surface area contributed by atoms with E-state index in [1.807, 2.05) is 0 Å². The predicted molar refractivity (Wildman–Crippen MR) is 116 cm³/mol. The Bertz CT molecular complexity index is 1170. The molecule has 0 unspecified atom stereocenters. The number of halogens is 4. The molecule has 0 fully saturated rings. The van der Waals surface area contributed by atoms with Gasteiger partial charge in [-0.2, -0.15) is 0 Å². The number of para-hydroxylation sites is 4. The van der Waals surface area contributed by atoms with E-state index in [-0.39, 0.29) is 22.3 Å². The largest absolute Gasteiger partial charge is 0.505 e. The van der Waals surface area contributed by atoms with E-state index >= 15 is 0 Å². The number of phenolic OH excluding ortho intramolecular Hbond substituents is 4. The molecule has 4 aromatic rings. The number of hydrogen-bond donors (Lipinski definition) is 4. The van der Waals surface area contributed by atoms with Crippen LogP contribution in [0.1, 0.15) is 34.1 Å². The summed E-state index contributed by atoms with van der Waals surface area (Å²) in [5, 5.41) is 42.2. The second kappa shape index (κ2) is 8.97. The molecule has 0 aromatic heterocycles. The maximum atomic E-state index is 14.4. The minimum atomic E-state index is -1.41. The lowest BCUT2D eigenvalue weighted by Crippen LogP contribution is -2.17. The number of hydrogen-bond acceptors (Lipinski definition) is 4. The molecule has 34 heavy (non-hydrogen) atoms. The Morgan fingerprint density at radius 3 is 0.794 bits per heavy atom. The maximum Gasteiger partial charge on any atom is 0.165 e. The van der Waals surface area contributed by atoms with Crippen LogP contribution in [-0.2, 0) is 0 Å². The average Bonchev–Trinajstić information content (AvgIpc) is 2.81. The highest BCUT2D eigenvalue weighted by Crippen LogP contribution is 2.52. The number of rotatable bonds is 5. The Kier molecular flexibility index (Phi) is 6.06. The van der Waals surface area contributed by atoms with Gasteiger partial charge in [-0.3, -0.25) is 0 Å². The summed E-state index contributed by atoms with van der Waals surface area (Å²) >= 11 is 0. The Morgan fingerprint density at radius 1 is 0.382 bits per heavy atom. The summed E-state index contributed by atoms with van der Waals surface area (Å²) in [6.07, 6.45) is 0. The Labute approximate surface area is 191 Å². The first-order chi connectivity index (χ1) is 16.2. The summed E-state index contributed by atoms with van der Waals surface area (Å²) in [5.41, 5.74) is -0.729. The fourth-order valence-corrected chi connectivity index (χ4v) is 4.19. The SMILES string of the molecule is Oc1c(F)cccc1C(c1cccc(F)c1O)C(c1cccc(F)c1O)c1cccc(F)c1O. The van der Waals surface area contributed by atoms with E-state index < -0.39 is 58.1 Å². The van der Waals surface area contributed by atoms with Gasteiger partial charge in [0, 0.05) is 34.1 Å². The molecule has 0 amide bonds. The zero-order valence-electron chi connectivity index (χ0n) is 17.4. The van der Waals surface area contributed by atoms with Gasteiger partial charge in [0.05, 0.1) is 0 Å². The molecule has 174 valence electrons. The van der Waals surface area contributed by atoms with Crippen LogP contribution in [-0.4, -0.2) is 20.4 Å². The Hall–Kier alpha value is -4.20. The van der Waals surface area contributed by atoms with E-state index in [0.717, 1.165) is 24.3 Å². The molecule has 0 saturated heterocycles. The van der Waals surface area contributed by atoms with Crippen molar-refractivity contribution >= 4 is 0 Å². The lowest BCUT2D eigenvalue weighted by atomic mass is 9.72. The third kappa shape index (κ3) is 3.87. The third-order valence-electron chi connectivity index (χ3n) is 5.75. The monoisotopic (exact) mass is 470 g/mol. The van der Waals surface area contributed by atoms with Crippen molar-refractivity contribution in [3.05, 3.63) is 118 Å². The fraction of sp³-hybridized carbons (Fsp3) is 0.0769. The van der Waals surface area contributed by atoms with Crippen LogP contribution in [0.4, 0.5) is 17.6 Å². The van der Waals surface area contributed by atoms with Gasteiger partial charge in [0.15, 0.2) is 46.3 Å². The molecule has 0 atom stereocenters. The van der Waals surface area contributed by atoms with Gasteiger partial charge in [-0.15, -0.1) is 0 Å². The van der Waals surface area contributed by atoms with Crippen molar-refractivity contribution in [2.45, 2.75) is 11.8 Å². The highest BCUT2D eigenvalue weighted by Gasteiger charge is 2.37. The Balaban J connectivity index is 2.15. The average molecular weight is 470 g/mol. The quantitative estimate of drug-likeness (QED) is 0.269. The van der Waals surface area contributed by atoms with Crippen molar-refractivity contribution in [3.63, 3.8) is 0 Å². The van der Waals surface area contributed by atoms with Crippen molar-refractivity contribution in [2.75, 3.05) is 0 Å². The van der Waals surface area contributed by atoms with E-state index in [1.54, 1.807) is 0 Å². The normalized spacial score (nSPS) is 11.4. The zero-order chi connectivity index (χ0) is 24.6. The van der Waals surface area contributed by atoms with Crippen molar-refractivity contribution in [1.29, 1.82) is 0 Å². The molecule has 8 heteroatoms. The highest BCUT2D eigenvalue weighted by molar-refractivity contribution is 5.57. The molecule has 0 spiro atoms. The summed E-state index contributed by atoms with van der Waals surface area (Å²) in [6, 6.07) is 14.0. The standard InChI is InChI=1S/C26H18F4O4/c27-17-9-1-5-13(23(17)31)21(14-6-2-10-18(28)24(14)32)22(15-7-3-11-19(29)25(15)33)16-8-4-12-20(30)26(16)34/h1-12,21-22,31-34H. The Morgan fingerprint density at radius 2 is 0.588 bits per heavy atom. The first-order valence-electron chi connectivity index (χ1n) is 10.1. The topological polar surface area (TPSA) is 80.9 Å². The van der Waals surface area contributed by atoms with Gasteiger partial charge < -0.3 is 20.4 Å². The molecule has 0 aliphatic carbocycles. The number of benzene rings is 4. The molecule has 0 bridgehead atoms. The van der Waals surface area contributed by atoms with E-state index in [1.165, 1.54) is 48.5 Å². The lowest BCUT2D eigenvalue weighted by molar-refractivity contribution is 0.395. The number of phenols is 4. The van der Waals surface area contributed by atoms with Gasteiger partial charge in [-0.05, 0) is 24.3 Å². The van der Waals surface area contributed by atoms with Crippen molar-refractivity contribution in [3.8, 4) is 23.0 Å². The highest BCUT2D eigenvalue weighted by atomic mass is 19.1. The van der Waals surface area contributed by atoms with Crippen molar-refractivity contribution < 1.29 is 38.0 Å².